The lowest BCUT2D eigenvalue weighted by atomic mass is 9.89. The van der Waals surface area contributed by atoms with Gasteiger partial charge in [0.15, 0.2) is 0 Å². The molecule has 1 saturated heterocycles. The highest BCUT2D eigenvalue weighted by atomic mass is 35.5. The molecule has 2 aliphatic rings. The number of tetrazole rings is 1. The molecule has 1 aromatic carbocycles. The number of hydrogen-bond acceptors (Lipinski definition) is 12. The van der Waals surface area contributed by atoms with Crippen LogP contribution in [0.3, 0.4) is 0 Å². The van der Waals surface area contributed by atoms with Gasteiger partial charge in [-0.25, -0.2) is 14.6 Å². The third kappa shape index (κ3) is 9.24. The molecule has 4 aromatic rings. The summed E-state index contributed by atoms with van der Waals surface area (Å²) in [7, 11) is 1.70. The van der Waals surface area contributed by atoms with Crippen LogP contribution in [0.5, 0.6) is 11.6 Å². The number of methoxy groups -OCH3 is 1. The molecule has 0 bridgehead atoms. The van der Waals surface area contributed by atoms with Gasteiger partial charge in [-0.1, -0.05) is 24.6 Å². The van der Waals surface area contributed by atoms with Crippen LogP contribution in [-0.4, -0.2) is 103 Å². The smallest absolute Gasteiger partial charge is 0.256 e. The first-order valence-electron chi connectivity index (χ1n) is 17.1. The summed E-state index contributed by atoms with van der Waals surface area (Å²) in [5, 5.41) is 20.0. The van der Waals surface area contributed by atoms with E-state index >= 15 is 0 Å². The second-order valence-corrected chi connectivity index (χ2v) is 13.8. The Bertz CT molecular complexity index is 1600. The number of hydrogen-bond donors (Lipinski definition) is 1. The normalized spacial score (nSPS) is 22.8. The second kappa shape index (κ2) is 16.2. The Hall–Kier alpha value is -3.85. The molecule has 2 fully saturated rings. The minimum Gasteiger partial charge on any atom is -0.487 e. The van der Waals surface area contributed by atoms with Gasteiger partial charge in [-0.3, -0.25) is 9.58 Å². The summed E-state index contributed by atoms with van der Waals surface area (Å²) in [5.41, 5.74) is 2.43. The van der Waals surface area contributed by atoms with Crippen molar-refractivity contribution in [1.82, 2.24) is 44.9 Å². The third-order valence-electron chi connectivity index (χ3n) is 8.99. The zero-order chi connectivity index (χ0) is 34.3. The third-order valence-corrected chi connectivity index (χ3v) is 9.30. The van der Waals surface area contributed by atoms with Gasteiger partial charge in [-0.05, 0) is 74.6 Å². The lowest BCUT2D eigenvalue weighted by Crippen LogP contribution is -2.51. The Morgan fingerprint density at radius 1 is 1.00 bits per heavy atom. The predicted molar refractivity (Wildman–Crippen MR) is 185 cm³/mol. The fourth-order valence-corrected chi connectivity index (χ4v) is 6.89. The van der Waals surface area contributed by atoms with Crippen molar-refractivity contribution in [1.29, 1.82) is 0 Å². The lowest BCUT2D eigenvalue weighted by Gasteiger charge is -2.42. The molecule has 1 aliphatic carbocycles. The number of anilines is 2. The molecule has 14 nitrogen and oxygen atoms in total. The summed E-state index contributed by atoms with van der Waals surface area (Å²) < 4.78 is 27.3. The van der Waals surface area contributed by atoms with Crippen molar-refractivity contribution >= 4 is 23.2 Å². The maximum absolute atomic E-state index is 6.47. The first-order valence-corrected chi connectivity index (χ1v) is 17.5. The summed E-state index contributed by atoms with van der Waals surface area (Å²) in [6.07, 6.45) is 11.8. The molecule has 4 atom stereocenters. The summed E-state index contributed by atoms with van der Waals surface area (Å²) in [5.74, 6) is 1.74. The van der Waals surface area contributed by atoms with Crippen molar-refractivity contribution in [2.24, 2.45) is 5.92 Å². The topological polar surface area (TPSA) is 139 Å². The Labute approximate surface area is 292 Å². The second-order valence-electron chi connectivity index (χ2n) is 13.4. The summed E-state index contributed by atoms with van der Waals surface area (Å²) in [6.45, 7) is 11.9. The maximum Gasteiger partial charge on any atom is 0.256 e. The van der Waals surface area contributed by atoms with Gasteiger partial charge in [0, 0.05) is 50.1 Å². The van der Waals surface area contributed by atoms with Crippen molar-refractivity contribution < 1.29 is 18.9 Å². The Morgan fingerprint density at radius 2 is 1.73 bits per heavy atom. The van der Waals surface area contributed by atoms with E-state index in [1.807, 2.05) is 25.3 Å². The SMILES string of the molecule is COC[C@H](C)COc1nn([C@H]2CC[C@H](N3C[C@@H](C)O[C@@H](C)C3)CC2)cc1Nc1ncc(-c2ccc(Cl)c(O[C@@H](C)Cn3cnnn3)c2)cn1. The zero-order valence-electron chi connectivity index (χ0n) is 28.9. The standard InChI is InChI=1S/C34H47ClN10O4/c1-22(19-46-5)20-47-33-31(18-45(40-33)29-9-7-28(8-10-29)43-15-23(2)48-24(3)16-43)39-34-36-13-27(14-37-34)26-6-11-30(35)32(12-26)49-25(4)17-44-21-38-41-42-44/h6,11-14,18,21-25,28-29H,7-10,15-17,19-20H2,1-5H3,(H,36,37,39)/t22-,23-,24+,25-,28-,29-/m0/s1. The number of ether oxygens (including phenoxy) is 4. The lowest BCUT2D eigenvalue weighted by molar-refractivity contribution is -0.0852. The van der Waals surface area contributed by atoms with E-state index < -0.39 is 0 Å². The van der Waals surface area contributed by atoms with E-state index in [0.29, 0.717) is 54.4 Å². The van der Waals surface area contributed by atoms with Crippen molar-refractivity contribution in [3.8, 4) is 22.8 Å². The highest BCUT2D eigenvalue weighted by molar-refractivity contribution is 6.32. The van der Waals surface area contributed by atoms with Crippen LogP contribution in [0.25, 0.3) is 11.1 Å². The van der Waals surface area contributed by atoms with Crippen LogP contribution in [0.1, 0.15) is 59.4 Å². The number of benzene rings is 1. The largest absolute Gasteiger partial charge is 0.487 e. The molecule has 6 rings (SSSR count). The molecule has 0 spiro atoms. The van der Waals surface area contributed by atoms with Crippen LogP contribution in [0.2, 0.25) is 5.02 Å². The summed E-state index contributed by atoms with van der Waals surface area (Å²) >= 11 is 6.47. The molecule has 0 amide bonds. The van der Waals surface area contributed by atoms with Crippen LogP contribution >= 0.6 is 11.6 Å². The van der Waals surface area contributed by atoms with Gasteiger partial charge < -0.3 is 24.3 Å². The minimum atomic E-state index is -0.207. The van der Waals surface area contributed by atoms with Crippen LogP contribution in [0, 0.1) is 5.92 Å². The molecule has 1 aliphatic heterocycles. The summed E-state index contributed by atoms with van der Waals surface area (Å²) in [4.78, 5) is 11.9. The van der Waals surface area contributed by atoms with Crippen LogP contribution in [0.15, 0.2) is 43.1 Å². The van der Waals surface area contributed by atoms with Gasteiger partial charge in [-0.15, -0.1) is 10.2 Å². The molecular weight excluding hydrogens is 648 g/mol. The van der Waals surface area contributed by atoms with Gasteiger partial charge in [0.25, 0.3) is 5.88 Å². The number of halogens is 1. The van der Waals surface area contributed by atoms with Crippen LogP contribution < -0.4 is 14.8 Å². The number of aromatic nitrogens is 8. The molecule has 264 valence electrons. The van der Waals surface area contributed by atoms with Crippen molar-refractivity contribution in [2.75, 3.05) is 38.7 Å². The number of morpholine rings is 1. The fraction of sp³-hybridized carbons (Fsp3) is 0.588. The first-order chi connectivity index (χ1) is 23.7. The van der Waals surface area contributed by atoms with Gasteiger partial charge in [0.2, 0.25) is 5.95 Å². The van der Waals surface area contributed by atoms with E-state index in [9.17, 15) is 0 Å². The Morgan fingerprint density at radius 3 is 2.43 bits per heavy atom. The van der Waals surface area contributed by atoms with Crippen LogP contribution in [-0.2, 0) is 16.0 Å². The molecule has 15 heteroatoms. The minimum absolute atomic E-state index is 0.207. The van der Waals surface area contributed by atoms with E-state index in [2.05, 4.69) is 61.2 Å². The predicted octanol–water partition coefficient (Wildman–Crippen LogP) is 5.45. The molecular formula is C34H47ClN10O4. The average Bonchev–Trinajstić information content (AvgIpc) is 3.75. The van der Waals surface area contributed by atoms with E-state index in [-0.39, 0.29) is 24.2 Å². The number of nitrogens with one attached hydrogen (secondary N) is 1. The average molecular weight is 695 g/mol. The number of nitrogens with zero attached hydrogens (tertiary/aromatic N) is 9. The van der Waals surface area contributed by atoms with E-state index in [1.54, 1.807) is 36.6 Å². The van der Waals surface area contributed by atoms with Gasteiger partial charge in [-0.2, -0.15) is 0 Å². The highest BCUT2D eigenvalue weighted by Gasteiger charge is 2.32. The zero-order valence-corrected chi connectivity index (χ0v) is 29.7. The monoisotopic (exact) mass is 694 g/mol. The number of rotatable bonds is 14. The molecule has 4 heterocycles. The fourth-order valence-electron chi connectivity index (χ4n) is 6.73. The van der Waals surface area contributed by atoms with Gasteiger partial charge in [0.05, 0.1) is 49.2 Å². The molecule has 1 saturated carbocycles. The van der Waals surface area contributed by atoms with Crippen LogP contribution in [0.4, 0.5) is 11.6 Å². The van der Waals surface area contributed by atoms with Crippen molar-refractivity contribution in [3.63, 3.8) is 0 Å². The first kappa shape index (κ1) is 35.0. The maximum atomic E-state index is 6.47. The van der Waals surface area contributed by atoms with E-state index in [0.717, 1.165) is 55.6 Å². The van der Waals surface area contributed by atoms with E-state index in [4.69, 9.17) is 35.6 Å². The Balaban J connectivity index is 1.13. The molecule has 1 N–H and O–H groups in total. The van der Waals surface area contributed by atoms with Crippen molar-refractivity contribution in [2.45, 2.75) is 90.3 Å². The molecule has 0 radical (unpaired) electrons. The quantitative estimate of drug-likeness (QED) is 0.180. The molecule has 49 heavy (non-hydrogen) atoms. The van der Waals surface area contributed by atoms with E-state index in [1.165, 1.54) is 0 Å². The highest BCUT2D eigenvalue weighted by Crippen LogP contribution is 2.36. The Kier molecular flexibility index (Phi) is 11.6. The van der Waals surface area contributed by atoms with Gasteiger partial charge >= 0.3 is 0 Å². The van der Waals surface area contributed by atoms with Gasteiger partial charge in [0.1, 0.15) is 23.9 Å². The van der Waals surface area contributed by atoms with Crippen molar-refractivity contribution in [3.05, 3.63) is 48.1 Å². The molecule has 0 unspecified atom stereocenters. The molecule has 3 aromatic heterocycles. The summed E-state index contributed by atoms with van der Waals surface area (Å²) in [6, 6.07) is 6.48.